The summed E-state index contributed by atoms with van der Waals surface area (Å²) in [6.07, 6.45) is 0.397. The van der Waals surface area contributed by atoms with Crippen LogP contribution in [0, 0.1) is 24.7 Å². The van der Waals surface area contributed by atoms with Gasteiger partial charge >= 0.3 is 0 Å². The Morgan fingerprint density at radius 2 is 2.25 bits per heavy atom. The summed E-state index contributed by atoms with van der Waals surface area (Å²) < 4.78 is 5.02. The molecule has 1 amide bonds. The molecule has 0 aliphatic rings. The standard InChI is InChI=1S/C16H21NO3/c1-12-6-7-15(14(9-12)5-4-8-18)17-16(19)10-13(2)11-20-3/h6-7,9,13,18H,8,10-11H2,1-3H3,(H,17,19). The Morgan fingerprint density at radius 1 is 1.50 bits per heavy atom. The maximum atomic E-state index is 11.9. The Hall–Kier alpha value is -1.83. The smallest absolute Gasteiger partial charge is 0.224 e. The van der Waals surface area contributed by atoms with Gasteiger partial charge in [0.1, 0.15) is 6.61 Å². The molecule has 0 radical (unpaired) electrons. The van der Waals surface area contributed by atoms with Crippen molar-refractivity contribution in [3.05, 3.63) is 29.3 Å². The maximum absolute atomic E-state index is 11.9. The second-order valence-electron chi connectivity index (χ2n) is 4.82. The van der Waals surface area contributed by atoms with Crippen molar-refractivity contribution in [3.8, 4) is 11.8 Å². The molecule has 0 heterocycles. The zero-order valence-corrected chi connectivity index (χ0v) is 12.2. The van der Waals surface area contributed by atoms with Crippen LogP contribution in [-0.4, -0.2) is 31.3 Å². The average Bonchev–Trinajstić information content (AvgIpc) is 2.39. The van der Waals surface area contributed by atoms with E-state index >= 15 is 0 Å². The number of carbonyl (C=O) groups is 1. The Bertz CT molecular complexity index is 514. The monoisotopic (exact) mass is 275 g/mol. The van der Waals surface area contributed by atoms with Gasteiger partial charge in [0.05, 0.1) is 5.69 Å². The van der Waals surface area contributed by atoms with Gasteiger partial charge in [0.25, 0.3) is 0 Å². The minimum absolute atomic E-state index is 0.0644. The van der Waals surface area contributed by atoms with Gasteiger partial charge in [-0.1, -0.05) is 24.8 Å². The maximum Gasteiger partial charge on any atom is 0.224 e. The highest BCUT2D eigenvalue weighted by Crippen LogP contribution is 2.17. The lowest BCUT2D eigenvalue weighted by molar-refractivity contribution is -0.117. The highest BCUT2D eigenvalue weighted by molar-refractivity contribution is 5.92. The van der Waals surface area contributed by atoms with Gasteiger partial charge in [0, 0.05) is 25.7 Å². The molecule has 0 aliphatic carbocycles. The first-order chi connectivity index (χ1) is 9.56. The molecule has 2 N–H and O–H groups in total. The van der Waals surface area contributed by atoms with E-state index in [1.807, 2.05) is 32.0 Å². The number of anilines is 1. The Morgan fingerprint density at radius 3 is 2.90 bits per heavy atom. The van der Waals surface area contributed by atoms with Crippen LogP contribution in [0.25, 0.3) is 0 Å². The molecule has 1 unspecified atom stereocenters. The third kappa shape index (κ3) is 5.43. The van der Waals surface area contributed by atoms with E-state index in [0.29, 0.717) is 24.3 Å². The molecular formula is C16H21NO3. The van der Waals surface area contributed by atoms with Crippen LogP contribution in [0.4, 0.5) is 5.69 Å². The molecule has 1 aromatic carbocycles. The number of methoxy groups -OCH3 is 1. The molecule has 1 atom stereocenters. The molecule has 0 bridgehead atoms. The SMILES string of the molecule is COCC(C)CC(=O)Nc1ccc(C)cc1C#CCO. The number of amides is 1. The number of ether oxygens (including phenoxy) is 1. The van der Waals surface area contributed by atoms with Gasteiger partial charge in [-0.2, -0.15) is 0 Å². The summed E-state index contributed by atoms with van der Waals surface area (Å²) in [6, 6.07) is 5.63. The van der Waals surface area contributed by atoms with Crippen molar-refractivity contribution >= 4 is 11.6 Å². The first kappa shape index (κ1) is 16.2. The molecule has 4 nitrogen and oxygen atoms in total. The lowest BCUT2D eigenvalue weighted by Gasteiger charge is -2.12. The van der Waals surface area contributed by atoms with Crippen molar-refractivity contribution in [1.29, 1.82) is 0 Å². The average molecular weight is 275 g/mol. The number of hydrogen-bond acceptors (Lipinski definition) is 3. The van der Waals surface area contributed by atoms with E-state index < -0.39 is 0 Å². The number of rotatable bonds is 5. The molecule has 0 spiro atoms. The predicted octanol–water partition coefficient (Wildman–Crippen LogP) is 1.95. The van der Waals surface area contributed by atoms with Crippen molar-refractivity contribution in [2.45, 2.75) is 20.3 Å². The van der Waals surface area contributed by atoms with E-state index in [1.165, 1.54) is 0 Å². The number of aliphatic hydroxyl groups excluding tert-OH is 1. The molecule has 20 heavy (non-hydrogen) atoms. The quantitative estimate of drug-likeness (QED) is 0.808. The minimum atomic E-state index is -0.202. The molecule has 0 saturated heterocycles. The minimum Gasteiger partial charge on any atom is -0.384 e. The number of aryl methyl sites for hydroxylation is 1. The van der Waals surface area contributed by atoms with Crippen molar-refractivity contribution in [2.24, 2.45) is 5.92 Å². The molecule has 0 fully saturated rings. The predicted molar refractivity (Wildman–Crippen MR) is 79.4 cm³/mol. The molecule has 108 valence electrons. The summed E-state index contributed by atoms with van der Waals surface area (Å²) in [5.74, 6) is 5.55. The van der Waals surface area contributed by atoms with E-state index in [-0.39, 0.29) is 18.4 Å². The summed E-state index contributed by atoms with van der Waals surface area (Å²) in [4.78, 5) is 11.9. The van der Waals surface area contributed by atoms with Gasteiger partial charge < -0.3 is 15.2 Å². The van der Waals surface area contributed by atoms with Crippen LogP contribution in [-0.2, 0) is 9.53 Å². The fourth-order valence-electron chi connectivity index (χ4n) is 1.87. The highest BCUT2D eigenvalue weighted by Gasteiger charge is 2.10. The largest absolute Gasteiger partial charge is 0.384 e. The van der Waals surface area contributed by atoms with Gasteiger partial charge in [-0.15, -0.1) is 0 Å². The second kappa shape index (κ2) is 8.36. The fraction of sp³-hybridized carbons (Fsp3) is 0.438. The van der Waals surface area contributed by atoms with Crippen LogP contribution in [0.2, 0.25) is 0 Å². The van der Waals surface area contributed by atoms with Gasteiger partial charge in [-0.05, 0) is 30.5 Å². The fourth-order valence-corrected chi connectivity index (χ4v) is 1.87. The molecule has 4 heteroatoms. The van der Waals surface area contributed by atoms with E-state index in [9.17, 15) is 4.79 Å². The zero-order valence-electron chi connectivity index (χ0n) is 12.2. The van der Waals surface area contributed by atoms with Crippen molar-refractivity contribution < 1.29 is 14.6 Å². The Labute approximate surface area is 120 Å². The third-order valence-electron chi connectivity index (χ3n) is 2.74. The van der Waals surface area contributed by atoms with Crippen molar-refractivity contribution in [3.63, 3.8) is 0 Å². The lowest BCUT2D eigenvalue weighted by atomic mass is 10.1. The number of hydrogen-bond donors (Lipinski definition) is 2. The number of aliphatic hydroxyl groups is 1. The molecular weight excluding hydrogens is 254 g/mol. The second-order valence-corrected chi connectivity index (χ2v) is 4.82. The molecule has 0 aromatic heterocycles. The third-order valence-corrected chi connectivity index (χ3v) is 2.74. The summed E-state index contributed by atoms with van der Waals surface area (Å²) in [5, 5.41) is 11.6. The van der Waals surface area contributed by atoms with E-state index in [1.54, 1.807) is 7.11 Å². The van der Waals surface area contributed by atoms with Crippen LogP contribution >= 0.6 is 0 Å². The van der Waals surface area contributed by atoms with Crippen LogP contribution in [0.3, 0.4) is 0 Å². The zero-order chi connectivity index (χ0) is 15.0. The number of nitrogens with one attached hydrogen (secondary N) is 1. The van der Waals surface area contributed by atoms with Gasteiger partial charge in [0.15, 0.2) is 0 Å². The van der Waals surface area contributed by atoms with Crippen molar-refractivity contribution in [2.75, 3.05) is 25.6 Å². The van der Waals surface area contributed by atoms with Crippen LogP contribution < -0.4 is 5.32 Å². The molecule has 1 aromatic rings. The van der Waals surface area contributed by atoms with Gasteiger partial charge in [-0.25, -0.2) is 0 Å². The van der Waals surface area contributed by atoms with Gasteiger partial charge in [0.2, 0.25) is 5.91 Å². The summed E-state index contributed by atoms with van der Waals surface area (Å²) in [6.45, 7) is 4.27. The Balaban J connectivity index is 2.78. The normalized spacial score (nSPS) is 11.4. The number of benzene rings is 1. The van der Waals surface area contributed by atoms with Crippen molar-refractivity contribution in [1.82, 2.24) is 0 Å². The highest BCUT2D eigenvalue weighted by atomic mass is 16.5. The topological polar surface area (TPSA) is 58.6 Å². The van der Waals surface area contributed by atoms with Crippen LogP contribution in [0.5, 0.6) is 0 Å². The lowest BCUT2D eigenvalue weighted by Crippen LogP contribution is -2.18. The number of carbonyl (C=O) groups excluding carboxylic acids is 1. The molecule has 0 saturated carbocycles. The van der Waals surface area contributed by atoms with Gasteiger partial charge in [-0.3, -0.25) is 4.79 Å². The summed E-state index contributed by atoms with van der Waals surface area (Å²) in [7, 11) is 1.62. The van der Waals surface area contributed by atoms with Crippen LogP contribution in [0.1, 0.15) is 24.5 Å². The summed E-state index contributed by atoms with van der Waals surface area (Å²) >= 11 is 0. The molecule has 0 aliphatic heterocycles. The van der Waals surface area contributed by atoms with E-state index in [0.717, 1.165) is 5.56 Å². The van der Waals surface area contributed by atoms with E-state index in [4.69, 9.17) is 9.84 Å². The van der Waals surface area contributed by atoms with Crippen LogP contribution in [0.15, 0.2) is 18.2 Å². The Kier molecular flexibility index (Phi) is 6.78. The summed E-state index contributed by atoms with van der Waals surface area (Å²) in [5.41, 5.74) is 2.44. The van der Waals surface area contributed by atoms with E-state index in [2.05, 4.69) is 17.2 Å². The molecule has 1 rings (SSSR count). The first-order valence-electron chi connectivity index (χ1n) is 6.56. The first-order valence-corrected chi connectivity index (χ1v) is 6.56.